The zero-order valence-corrected chi connectivity index (χ0v) is 13.0. The molecular weight excluding hydrogens is 260 g/mol. The van der Waals surface area contributed by atoms with Crippen molar-refractivity contribution >= 4 is 10.9 Å². The number of hydrogen-bond acceptors (Lipinski definition) is 2. The van der Waals surface area contributed by atoms with Gasteiger partial charge < -0.3 is 0 Å². The number of benzene rings is 1. The van der Waals surface area contributed by atoms with E-state index in [1.165, 1.54) is 32.1 Å². The van der Waals surface area contributed by atoms with Crippen LogP contribution in [0.3, 0.4) is 0 Å². The number of nitrogens with zero attached hydrogens (tertiary/aromatic N) is 2. The van der Waals surface area contributed by atoms with E-state index in [0.29, 0.717) is 5.92 Å². The third-order valence-corrected chi connectivity index (χ3v) is 4.63. The Balaban J connectivity index is 2.07. The molecule has 1 aromatic heterocycles. The van der Waals surface area contributed by atoms with Crippen LogP contribution in [0.15, 0.2) is 29.1 Å². The van der Waals surface area contributed by atoms with Crippen molar-refractivity contribution in [1.82, 2.24) is 9.55 Å². The van der Waals surface area contributed by atoms with Crippen molar-refractivity contribution in [1.29, 1.82) is 0 Å². The number of aromatic nitrogens is 2. The average molecular weight is 284 g/mol. The molecule has 0 N–H and O–H groups in total. The predicted octanol–water partition coefficient (Wildman–Crippen LogP) is 4.10. The van der Waals surface area contributed by atoms with E-state index in [0.717, 1.165) is 23.1 Å². The van der Waals surface area contributed by atoms with Gasteiger partial charge in [-0.25, -0.2) is 4.79 Å². The summed E-state index contributed by atoms with van der Waals surface area (Å²) in [4.78, 5) is 16.9. The molecule has 1 fully saturated rings. The minimum atomic E-state index is -0.0806. The quantitative estimate of drug-likeness (QED) is 0.850. The summed E-state index contributed by atoms with van der Waals surface area (Å²) < 4.78 is 1.90. The van der Waals surface area contributed by atoms with Crippen LogP contribution in [0.2, 0.25) is 0 Å². The maximum absolute atomic E-state index is 12.5. The van der Waals surface area contributed by atoms with Crippen molar-refractivity contribution in [2.45, 2.75) is 58.4 Å². The first kappa shape index (κ1) is 14.3. The fourth-order valence-corrected chi connectivity index (χ4v) is 3.50. The Bertz CT molecular complexity index is 681. The molecule has 0 aliphatic heterocycles. The van der Waals surface area contributed by atoms with E-state index in [1.807, 2.05) is 16.7 Å². The summed E-state index contributed by atoms with van der Waals surface area (Å²) in [5.41, 5.74) is 1.89. The molecule has 3 rings (SSSR count). The van der Waals surface area contributed by atoms with Crippen molar-refractivity contribution in [2.24, 2.45) is 5.92 Å². The van der Waals surface area contributed by atoms with Crippen molar-refractivity contribution in [3.63, 3.8) is 0 Å². The summed E-state index contributed by atoms with van der Waals surface area (Å²) in [6.45, 7) is 5.02. The van der Waals surface area contributed by atoms with Gasteiger partial charge in [-0.2, -0.15) is 4.98 Å². The Hall–Kier alpha value is -1.64. The summed E-state index contributed by atoms with van der Waals surface area (Å²) in [7, 11) is 0. The second kappa shape index (κ2) is 6.00. The van der Waals surface area contributed by atoms with Crippen molar-refractivity contribution in [3.8, 4) is 0 Å². The first-order chi connectivity index (χ1) is 10.2. The van der Waals surface area contributed by atoms with Gasteiger partial charge in [-0.1, -0.05) is 51.3 Å². The highest BCUT2D eigenvalue weighted by Gasteiger charge is 2.18. The Morgan fingerprint density at radius 2 is 1.90 bits per heavy atom. The molecule has 1 aliphatic carbocycles. The van der Waals surface area contributed by atoms with E-state index in [4.69, 9.17) is 0 Å². The van der Waals surface area contributed by atoms with Crippen LogP contribution in [-0.2, 0) is 6.54 Å². The lowest BCUT2D eigenvalue weighted by Crippen LogP contribution is -2.29. The average Bonchev–Trinajstić information content (AvgIpc) is 2.50. The van der Waals surface area contributed by atoms with E-state index >= 15 is 0 Å². The first-order valence-electron chi connectivity index (χ1n) is 8.16. The molecule has 3 nitrogen and oxygen atoms in total. The fraction of sp³-hybridized carbons (Fsp3) is 0.556. The van der Waals surface area contributed by atoms with Crippen LogP contribution in [0.4, 0.5) is 0 Å². The first-order valence-corrected chi connectivity index (χ1v) is 8.16. The molecule has 3 heteroatoms. The summed E-state index contributed by atoms with van der Waals surface area (Å²) in [5.74, 6) is 0.901. The molecule has 0 spiro atoms. The highest BCUT2D eigenvalue weighted by Crippen LogP contribution is 2.27. The summed E-state index contributed by atoms with van der Waals surface area (Å²) in [6.07, 6.45) is 6.43. The minimum absolute atomic E-state index is 0.0806. The third kappa shape index (κ3) is 2.87. The van der Waals surface area contributed by atoms with Gasteiger partial charge >= 0.3 is 5.69 Å². The molecule has 0 radical (unpaired) electrons. The monoisotopic (exact) mass is 284 g/mol. The molecule has 0 atom stereocenters. The Morgan fingerprint density at radius 3 is 2.62 bits per heavy atom. The van der Waals surface area contributed by atoms with Gasteiger partial charge in [0.15, 0.2) is 0 Å². The third-order valence-electron chi connectivity index (χ3n) is 4.63. The minimum Gasteiger partial charge on any atom is -0.292 e. The van der Waals surface area contributed by atoms with Gasteiger partial charge in [-0.15, -0.1) is 0 Å². The topological polar surface area (TPSA) is 34.9 Å². The van der Waals surface area contributed by atoms with Gasteiger partial charge in [0.2, 0.25) is 0 Å². The lowest BCUT2D eigenvalue weighted by atomic mass is 9.89. The van der Waals surface area contributed by atoms with Crippen LogP contribution in [0.5, 0.6) is 0 Å². The predicted molar refractivity (Wildman–Crippen MR) is 86.7 cm³/mol. The van der Waals surface area contributed by atoms with Gasteiger partial charge in [0.05, 0.1) is 11.2 Å². The number of para-hydroxylation sites is 1. The maximum atomic E-state index is 12.5. The van der Waals surface area contributed by atoms with Crippen LogP contribution >= 0.6 is 0 Å². The van der Waals surface area contributed by atoms with Crippen LogP contribution < -0.4 is 5.69 Å². The standard InChI is InChI=1S/C18H24N2O/c1-13(2)17-15-10-6-7-11-16(15)20(18(21)19-17)12-14-8-4-3-5-9-14/h6-7,10-11,13-14H,3-5,8-9,12H2,1-2H3. The zero-order valence-electron chi connectivity index (χ0n) is 13.0. The number of hydrogen-bond donors (Lipinski definition) is 0. The van der Waals surface area contributed by atoms with Gasteiger partial charge in [0.25, 0.3) is 0 Å². The van der Waals surface area contributed by atoms with E-state index in [9.17, 15) is 4.79 Å². The summed E-state index contributed by atoms with van der Waals surface area (Å²) >= 11 is 0. The van der Waals surface area contributed by atoms with Gasteiger partial charge in [0, 0.05) is 11.9 Å². The molecular formula is C18H24N2O. The van der Waals surface area contributed by atoms with E-state index < -0.39 is 0 Å². The second-order valence-corrected chi connectivity index (χ2v) is 6.57. The smallest absolute Gasteiger partial charge is 0.292 e. The molecule has 21 heavy (non-hydrogen) atoms. The summed E-state index contributed by atoms with van der Waals surface area (Å²) in [6, 6.07) is 8.20. The molecule has 1 heterocycles. The fourth-order valence-electron chi connectivity index (χ4n) is 3.50. The van der Waals surface area contributed by atoms with Crippen LogP contribution in [-0.4, -0.2) is 9.55 Å². The molecule has 0 amide bonds. The van der Waals surface area contributed by atoms with Crippen molar-refractivity contribution in [2.75, 3.05) is 0 Å². The number of rotatable bonds is 3. The van der Waals surface area contributed by atoms with Crippen LogP contribution in [0.1, 0.15) is 57.6 Å². The molecule has 1 saturated carbocycles. The molecule has 0 saturated heterocycles. The Kier molecular flexibility index (Phi) is 4.09. The molecule has 1 aliphatic rings. The molecule has 112 valence electrons. The zero-order chi connectivity index (χ0) is 14.8. The molecule has 2 aromatic rings. The van der Waals surface area contributed by atoms with Crippen molar-refractivity contribution < 1.29 is 0 Å². The van der Waals surface area contributed by atoms with E-state index in [1.54, 1.807) is 0 Å². The van der Waals surface area contributed by atoms with E-state index in [-0.39, 0.29) is 11.6 Å². The van der Waals surface area contributed by atoms with Gasteiger partial charge in [0.1, 0.15) is 0 Å². The Labute approximate surface area is 126 Å². The lowest BCUT2D eigenvalue weighted by molar-refractivity contribution is 0.318. The van der Waals surface area contributed by atoms with Crippen molar-refractivity contribution in [3.05, 3.63) is 40.4 Å². The maximum Gasteiger partial charge on any atom is 0.348 e. The van der Waals surface area contributed by atoms with Gasteiger partial charge in [-0.05, 0) is 30.7 Å². The van der Waals surface area contributed by atoms with Crippen LogP contribution in [0, 0.1) is 5.92 Å². The lowest BCUT2D eigenvalue weighted by Gasteiger charge is -2.23. The molecule has 0 unspecified atom stereocenters. The van der Waals surface area contributed by atoms with E-state index in [2.05, 4.69) is 31.0 Å². The van der Waals surface area contributed by atoms with Gasteiger partial charge in [-0.3, -0.25) is 4.57 Å². The Morgan fingerprint density at radius 1 is 1.19 bits per heavy atom. The highest BCUT2D eigenvalue weighted by atomic mass is 16.1. The molecule has 0 bridgehead atoms. The molecule has 1 aromatic carbocycles. The normalized spacial score (nSPS) is 16.7. The largest absolute Gasteiger partial charge is 0.348 e. The highest BCUT2D eigenvalue weighted by molar-refractivity contribution is 5.81. The number of fused-ring (bicyclic) bond motifs is 1. The summed E-state index contributed by atoms with van der Waals surface area (Å²) in [5, 5.41) is 1.13. The SMILES string of the molecule is CC(C)c1nc(=O)n(CC2CCCCC2)c2ccccc12. The van der Waals surface area contributed by atoms with Crippen LogP contribution in [0.25, 0.3) is 10.9 Å². The second-order valence-electron chi connectivity index (χ2n) is 6.57.